The lowest BCUT2D eigenvalue weighted by molar-refractivity contribution is 0.0466. The molecule has 0 aromatic carbocycles. The fourth-order valence-electron chi connectivity index (χ4n) is 2.77. The third kappa shape index (κ3) is 3.48. The van der Waals surface area contributed by atoms with Crippen molar-refractivity contribution < 1.29 is 18.5 Å². The highest BCUT2D eigenvalue weighted by molar-refractivity contribution is 5.93. The van der Waals surface area contributed by atoms with Gasteiger partial charge in [0.1, 0.15) is 11.8 Å². The molecule has 0 saturated carbocycles. The van der Waals surface area contributed by atoms with E-state index in [0.29, 0.717) is 30.7 Å². The lowest BCUT2D eigenvalue weighted by atomic mass is 9.91. The van der Waals surface area contributed by atoms with E-state index in [4.69, 9.17) is 13.7 Å². The number of amides is 1. The van der Waals surface area contributed by atoms with Crippen molar-refractivity contribution in [2.75, 3.05) is 13.2 Å². The quantitative estimate of drug-likeness (QED) is 0.895. The van der Waals surface area contributed by atoms with Gasteiger partial charge in [-0.05, 0) is 25.7 Å². The molecule has 2 aromatic rings. The average Bonchev–Trinajstić information content (AvgIpc) is 3.22. The van der Waals surface area contributed by atoms with Gasteiger partial charge in [0, 0.05) is 19.1 Å². The molecule has 2 aromatic heterocycles. The van der Waals surface area contributed by atoms with Gasteiger partial charge in [-0.1, -0.05) is 19.0 Å². The molecule has 24 heavy (non-hydrogen) atoms. The highest BCUT2D eigenvalue weighted by Crippen LogP contribution is 2.30. The van der Waals surface area contributed by atoms with Crippen molar-refractivity contribution in [2.24, 2.45) is 5.92 Å². The molecule has 1 aliphatic heterocycles. The number of aromatic nitrogens is 3. The number of nitrogens with one attached hydrogen (secondary N) is 1. The number of carbonyl (C=O) groups excluding carboxylic acids is 1. The Kier molecular flexibility index (Phi) is 4.94. The molecule has 3 heterocycles. The molecular formula is C16H22N4O4. The van der Waals surface area contributed by atoms with E-state index in [9.17, 15) is 4.79 Å². The topological polar surface area (TPSA) is 103 Å². The molecule has 8 nitrogen and oxygen atoms in total. The first-order valence-corrected chi connectivity index (χ1v) is 8.18. The van der Waals surface area contributed by atoms with Crippen LogP contribution in [0.3, 0.4) is 0 Å². The SMILES string of the molecule is Cc1ocnc1C(=O)N[C@H](c1nc(C(C)C)no1)C1CCOCC1. The number of rotatable bonds is 5. The van der Waals surface area contributed by atoms with Crippen molar-refractivity contribution in [3.63, 3.8) is 0 Å². The smallest absolute Gasteiger partial charge is 0.274 e. The van der Waals surface area contributed by atoms with Crippen molar-refractivity contribution >= 4 is 5.91 Å². The summed E-state index contributed by atoms with van der Waals surface area (Å²) < 4.78 is 16.0. The second kappa shape index (κ2) is 7.12. The maximum atomic E-state index is 12.5. The lowest BCUT2D eigenvalue weighted by Gasteiger charge is -2.28. The largest absolute Gasteiger partial charge is 0.448 e. The van der Waals surface area contributed by atoms with Crippen LogP contribution in [0.5, 0.6) is 0 Å². The highest BCUT2D eigenvalue weighted by atomic mass is 16.5. The number of hydrogen-bond donors (Lipinski definition) is 1. The molecule has 130 valence electrons. The zero-order chi connectivity index (χ0) is 17.1. The summed E-state index contributed by atoms with van der Waals surface area (Å²) in [6, 6.07) is -0.363. The first kappa shape index (κ1) is 16.6. The zero-order valence-electron chi connectivity index (χ0n) is 14.1. The minimum atomic E-state index is -0.363. The van der Waals surface area contributed by atoms with Crippen LogP contribution >= 0.6 is 0 Å². The monoisotopic (exact) mass is 334 g/mol. The summed E-state index contributed by atoms with van der Waals surface area (Å²) in [5.74, 6) is 1.57. The molecular weight excluding hydrogens is 312 g/mol. The molecule has 0 spiro atoms. The molecule has 1 fully saturated rings. The summed E-state index contributed by atoms with van der Waals surface area (Å²) in [5, 5.41) is 7.00. The molecule has 1 amide bonds. The van der Waals surface area contributed by atoms with Crippen molar-refractivity contribution in [1.29, 1.82) is 0 Å². The Morgan fingerprint density at radius 3 is 2.67 bits per heavy atom. The molecule has 0 unspecified atom stereocenters. The van der Waals surface area contributed by atoms with Gasteiger partial charge in [-0.2, -0.15) is 4.98 Å². The number of hydrogen-bond acceptors (Lipinski definition) is 7. The molecule has 0 aliphatic carbocycles. The van der Waals surface area contributed by atoms with Crippen LogP contribution in [-0.4, -0.2) is 34.2 Å². The third-order valence-electron chi connectivity index (χ3n) is 4.22. The Balaban J connectivity index is 1.83. The van der Waals surface area contributed by atoms with Crippen LogP contribution in [0.4, 0.5) is 0 Å². The van der Waals surface area contributed by atoms with Gasteiger partial charge >= 0.3 is 0 Å². The van der Waals surface area contributed by atoms with Gasteiger partial charge in [0.2, 0.25) is 5.89 Å². The number of nitrogens with zero attached hydrogens (tertiary/aromatic N) is 3. The number of ether oxygens (including phenoxy) is 1. The maximum Gasteiger partial charge on any atom is 0.274 e. The Morgan fingerprint density at radius 2 is 2.08 bits per heavy atom. The summed E-state index contributed by atoms with van der Waals surface area (Å²) in [7, 11) is 0. The third-order valence-corrected chi connectivity index (χ3v) is 4.22. The highest BCUT2D eigenvalue weighted by Gasteiger charge is 2.32. The van der Waals surface area contributed by atoms with Crippen LogP contribution in [0.15, 0.2) is 15.3 Å². The second-order valence-electron chi connectivity index (χ2n) is 6.30. The van der Waals surface area contributed by atoms with E-state index in [1.165, 1.54) is 6.39 Å². The second-order valence-corrected chi connectivity index (χ2v) is 6.30. The predicted molar refractivity (Wildman–Crippen MR) is 83.4 cm³/mol. The normalized spacial score (nSPS) is 17.2. The van der Waals surface area contributed by atoms with E-state index < -0.39 is 0 Å². The first-order chi connectivity index (χ1) is 11.6. The average molecular weight is 334 g/mol. The zero-order valence-corrected chi connectivity index (χ0v) is 14.1. The molecule has 1 aliphatic rings. The van der Waals surface area contributed by atoms with Gasteiger partial charge in [0.15, 0.2) is 17.9 Å². The Bertz CT molecular complexity index is 688. The Hall–Kier alpha value is -2.22. The van der Waals surface area contributed by atoms with Gasteiger partial charge in [0.25, 0.3) is 5.91 Å². The van der Waals surface area contributed by atoms with E-state index in [0.717, 1.165) is 12.8 Å². The van der Waals surface area contributed by atoms with Crippen LogP contribution in [0.25, 0.3) is 0 Å². The number of carbonyl (C=O) groups is 1. The molecule has 3 rings (SSSR count). The van der Waals surface area contributed by atoms with Gasteiger partial charge in [0.05, 0.1) is 0 Å². The first-order valence-electron chi connectivity index (χ1n) is 8.18. The number of oxazole rings is 1. The predicted octanol–water partition coefficient (Wildman–Crippen LogP) is 2.39. The summed E-state index contributed by atoms with van der Waals surface area (Å²) in [6.45, 7) is 7.01. The van der Waals surface area contributed by atoms with Crippen LogP contribution in [0, 0.1) is 12.8 Å². The van der Waals surface area contributed by atoms with Crippen molar-refractivity contribution in [1.82, 2.24) is 20.4 Å². The van der Waals surface area contributed by atoms with Crippen molar-refractivity contribution in [3.05, 3.63) is 29.6 Å². The Morgan fingerprint density at radius 1 is 1.33 bits per heavy atom. The van der Waals surface area contributed by atoms with Crippen LogP contribution in [-0.2, 0) is 4.74 Å². The van der Waals surface area contributed by atoms with E-state index in [1.54, 1.807) is 6.92 Å². The van der Waals surface area contributed by atoms with Crippen molar-refractivity contribution in [2.45, 2.75) is 45.6 Å². The van der Waals surface area contributed by atoms with Crippen LogP contribution < -0.4 is 5.32 Å². The van der Waals surface area contributed by atoms with Gasteiger partial charge < -0.3 is 19.0 Å². The minimum absolute atomic E-state index is 0.159. The standard InChI is InChI=1S/C16H22N4O4/c1-9(2)14-19-16(24-20-14)13(11-4-6-22-7-5-11)18-15(21)12-10(3)23-8-17-12/h8-9,11,13H,4-7H2,1-3H3,(H,18,21)/t13-/m0/s1. The fraction of sp³-hybridized carbons (Fsp3) is 0.625. The lowest BCUT2D eigenvalue weighted by Crippen LogP contribution is -2.36. The molecule has 1 saturated heterocycles. The van der Waals surface area contributed by atoms with E-state index >= 15 is 0 Å². The molecule has 1 N–H and O–H groups in total. The summed E-state index contributed by atoms with van der Waals surface area (Å²) in [4.78, 5) is 21.0. The van der Waals surface area contributed by atoms with Gasteiger partial charge in [-0.25, -0.2) is 4.98 Å². The van der Waals surface area contributed by atoms with Crippen LogP contribution in [0.1, 0.15) is 66.6 Å². The molecule has 8 heteroatoms. The number of aryl methyl sites for hydroxylation is 1. The van der Waals surface area contributed by atoms with Gasteiger partial charge in [-0.15, -0.1) is 0 Å². The Labute approximate surface area is 140 Å². The fourth-order valence-corrected chi connectivity index (χ4v) is 2.77. The molecule has 0 radical (unpaired) electrons. The minimum Gasteiger partial charge on any atom is -0.448 e. The molecule has 1 atom stereocenters. The molecule has 0 bridgehead atoms. The maximum absolute atomic E-state index is 12.5. The summed E-state index contributed by atoms with van der Waals surface area (Å²) >= 11 is 0. The summed E-state index contributed by atoms with van der Waals surface area (Å²) in [5.41, 5.74) is 0.274. The van der Waals surface area contributed by atoms with Crippen molar-refractivity contribution in [3.8, 4) is 0 Å². The van der Waals surface area contributed by atoms with E-state index in [1.807, 2.05) is 13.8 Å². The van der Waals surface area contributed by atoms with E-state index in [2.05, 4.69) is 20.4 Å². The van der Waals surface area contributed by atoms with E-state index in [-0.39, 0.29) is 29.5 Å². The summed E-state index contributed by atoms with van der Waals surface area (Å²) in [6.07, 6.45) is 2.90. The van der Waals surface area contributed by atoms with Gasteiger partial charge in [-0.3, -0.25) is 4.79 Å². The van der Waals surface area contributed by atoms with Crippen LogP contribution in [0.2, 0.25) is 0 Å².